The van der Waals surface area contributed by atoms with Crippen molar-refractivity contribution >= 4 is 17.8 Å². The van der Waals surface area contributed by atoms with Crippen LogP contribution in [0.3, 0.4) is 0 Å². The minimum Gasteiger partial charge on any atom is -0.462 e. The number of H-pyrrole nitrogens is 1. The SMILES string of the molecule is CCOC(=O)c1c(C)[nH]c(C(=O)NC2CCN(C(C)=O)CC2)c1C. The zero-order chi connectivity index (χ0) is 17.9. The molecule has 0 spiro atoms. The van der Waals surface area contributed by atoms with Crippen LogP contribution in [0.25, 0.3) is 0 Å². The van der Waals surface area contributed by atoms with Crippen LogP contribution in [0.15, 0.2) is 0 Å². The number of nitrogens with zero attached hydrogens (tertiary/aromatic N) is 1. The number of aromatic amines is 1. The highest BCUT2D eigenvalue weighted by atomic mass is 16.5. The normalized spacial score (nSPS) is 15.2. The Kier molecular flexibility index (Phi) is 5.64. The van der Waals surface area contributed by atoms with E-state index in [9.17, 15) is 14.4 Å². The molecule has 2 rings (SSSR count). The zero-order valence-corrected chi connectivity index (χ0v) is 14.7. The van der Waals surface area contributed by atoms with Crippen molar-refractivity contribution in [1.82, 2.24) is 15.2 Å². The molecule has 24 heavy (non-hydrogen) atoms. The molecule has 1 aromatic heterocycles. The lowest BCUT2D eigenvalue weighted by atomic mass is 10.0. The van der Waals surface area contributed by atoms with E-state index in [4.69, 9.17) is 4.74 Å². The van der Waals surface area contributed by atoms with Crippen LogP contribution in [0, 0.1) is 13.8 Å². The molecule has 1 aliphatic heterocycles. The van der Waals surface area contributed by atoms with Gasteiger partial charge in [-0.3, -0.25) is 9.59 Å². The molecule has 0 unspecified atom stereocenters. The van der Waals surface area contributed by atoms with E-state index in [0.717, 1.165) is 12.8 Å². The highest BCUT2D eigenvalue weighted by Crippen LogP contribution is 2.20. The van der Waals surface area contributed by atoms with Crippen LogP contribution in [0.4, 0.5) is 0 Å². The number of aromatic nitrogens is 1. The number of carbonyl (C=O) groups excluding carboxylic acids is 3. The van der Waals surface area contributed by atoms with Crippen molar-refractivity contribution in [2.24, 2.45) is 0 Å². The van der Waals surface area contributed by atoms with Crippen molar-refractivity contribution in [2.45, 2.75) is 46.6 Å². The third kappa shape index (κ3) is 3.77. The second kappa shape index (κ2) is 7.51. The van der Waals surface area contributed by atoms with Gasteiger partial charge in [0.2, 0.25) is 5.91 Å². The standard InChI is InChI=1S/C17H25N3O4/c1-5-24-17(23)14-10(2)15(18-11(14)3)16(22)19-13-6-8-20(9-7-13)12(4)21/h13,18H,5-9H2,1-4H3,(H,19,22). The number of hydrogen-bond donors (Lipinski definition) is 2. The third-order valence-electron chi connectivity index (χ3n) is 4.42. The number of likely N-dealkylation sites (tertiary alicyclic amines) is 1. The highest BCUT2D eigenvalue weighted by molar-refractivity contribution is 6.00. The van der Waals surface area contributed by atoms with E-state index in [1.54, 1.807) is 32.6 Å². The number of hydrogen-bond acceptors (Lipinski definition) is 4. The van der Waals surface area contributed by atoms with E-state index in [2.05, 4.69) is 10.3 Å². The Balaban J connectivity index is 2.05. The number of carbonyl (C=O) groups is 3. The molecular formula is C17H25N3O4. The molecule has 0 saturated carbocycles. The van der Waals surface area contributed by atoms with E-state index in [-0.39, 0.29) is 17.9 Å². The molecule has 0 atom stereocenters. The molecule has 1 saturated heterocycles. The number of nitrogens with one attached hydrogen (secondary N) is 2. The Morgan fingerprint density at radius 3 is 2.42 bits per heavy atom. The molecule has 2 amide bonds. The Labute approximate surface area is 141 Å². The first-order chi connectivity index (χ1) is 11.3. The van der Waals surface area contributed by atoms with E-state index >= 15 is 0 Å². The summed E-state index contributed by atoms with van der Waals surface area (Å²) in [4.78, 5) is 40.6. The smallest absolute Gasteiger partial charge is 0.340 e. The fourth-order valence-corrected chi connectivity index (χ4v) is 3.08. The summed E-state index contributed by atoms with van der Waals surface area (Å²) in [6.45, 7) is 8.38. The number of ether oxygens (including phenoxy) is 1. The van der Waals surface area contributed by atoms with Crippen LogP contribution in [0.1, 0.15) is 58.8 Å². The van der Waals surface area contributed by atoms with E-state index in [1.807, 2.05) is 0 Å². The van der Waals surface area contributed by atoms with E-state index < -0.39 is 5.97 Å². The fourth-order valence-electron chi connectivity index (χ4n) is 3.08. The van der Waals surface area contributed by atoms with Crippen molar-refractivity contribution in [1.29, 1.82) is 0 Å². The van der Waals surface area contributed by atoms with Crippen molar-refractivity contribution in [2.75, 3.05) is 19.7 Å². The van der Waals surface area contributed by atoms with Gasteiger partial charge in [-0.15, -0.1) is 0 Å². The monoisotopic (exact) mass is 335 g/mol. The van der Waals surface area contributed by atoms with Gasteiger partial charge in [0.1, 0.15) is 5.69 Å². The summed E-state index contributed by atoms with van der Waals surface area (Å²) in [5, 5.41) is 2.99. The van der Waals surface area contributed by atoms with Crippen LogP contribution in [0.2, 0.25) is 0 Å². The molecule has 132 valence electrons. The Bertz CT molecular complexity index is 643. The summed E-state index contributed by atoms with van der Waals surface area (Å²) in [7, 11) is 0. The Morgan fingerprint density at radius 2 is 1.88 bits per heavy atom. The van der Waals surface area contributed by atoms with E-state index in [0.29, 0.717) is 42.2 Å². The molecule has 0 bridgehead atoms. The van der Waals surface area contributed by atoms with Crippen LogP contribution in [0.5, 0.6) is 0 Å². The minimum absolute atomic E-state index is 0.0298. The molecule has 0 aliphatic carbocycles. The molecule has 7 nitrogen and oxygen atoms in total. The van der Waals surface area contributed by atoms with Crippen LogP contribution in [-0.4, -0.2) is 53.4 Å². The molecule has 7 heteroatoms. The third-order valence-corrected chi connectivity index (χ3v) is 4.42. The summed E-state index contributed by atoms with van der Waals surface area (Å²) in [5.41, 5.74) is 2.05. The molecule has 1 aromatic rings. The van der Waals surface area contributed by atoms with Crippen LogP contribution >= 0.6 is 0 Å². The maximum atomic E-state index is 12.5. The first-order valence-electron chi connectivity index (χ1n) is 8.27. The lowest BCUT2D eigenvalue weighted by Crippen LogP contribution is -2.46. The molecule has 0 aromatic carbocycles. The van der Waals surface area contributed by atoms with Gasteiger partial charge >= 0.3 is 5.97 Å². The van der Waals surface area contributed by atoms with Crippen molar-refractivity contribution in [3.8, 4) is 0 Å². The number of piperidine rings is 1. The number of aryl methyl sites for hydroxylation is 1. The van der Waals surface area contributed by atoms with Gasteiger partial charge in [0.25, 0.3) is 5.91 Å². The average molecular weight is 335 g/mol. The number of amides is 2. The van der Waals surface area contributed by atoms with Crippen LogP contribution in [-0.2, 0) is 9.53 Å². The van der Waals surface area contributed by atoms with E-state index in [1.165, 1.54) is 0 Å². The molecule has 1 fully saturated rings. The van der Waals surface area contributed by atoms with Gasteiger partial charge < -0.3 is 19.9 Å². The van der Waals surface area contributed by atoms with Gasteiger partial charge in [0, 0.05) is 31.7 Å². The maximum Gasteiger partial charge on any atom is 0.340 e. The second-order valence-corrected chi connectivity index (χ2v) is 6.10. The largest absolute Gasteiger partial charge is 0.462 e. The quantitative estimate of drug-likeness (QED) is 0.817. The van der Waals surface area contributed by atoms with Gasteiger partial charge in [-0.1, -0.05) is 0 Å². The second-order valence-electron chi connectivity index (χ2n) is 6.10. The number of esters is 1. The maximum absolute atomic E-state index is 12.5. The minimum atomic E-state index is -0.419. The first-order valence-corrected chi connectivity index (χ1v) is 8.27. The summed E-state index contributed by atoms with van der Waals surface area (Å²) in [5.74, 6) is -0.584. The predicted molar refractivity (Wildman–Crippen MR) is 89.0 cm³/mol. The first kappa shape index (κ1) is 18.0. The van der Waals surface area contributed by atoms with Gasteiger partial charge in [0.15, 0.2) is 0 Å². The summed E-state index contributed by atoms with van der Waals surface area (Å²) in [6.07, 6.45) is 1.46. The molecular weight excluding hydrogens is 310 g/mol. The predicted octanol–water partition coefficient (Wildman–Crippen LogP) is 1.55. The van der Waals surface area contributed by atoms with Crippen molar-refractivity contribution < 1.29 is 19.1 Å². The summed E-state index contributed by atoms with van der Waals surface area (Å²) in [6, 6.07) is 0.0298. The fraction of sp³-hybridized carbons (Fsp3) is 0.588. The summed E-state index contributed by atoms with van der Waals surface area (Å²) >= 11 is 0. The Hall–Kier alpha value is -2.31. The molecule has 1 aliphatic rings. The van der Waals surface area contributed by atoms with Gasteiger partial charge in [-0.25, -0.2) is 4.79 Å². The highest BCUT2D eigenvalue weighted by Gasteiger charge is 2.26. The summed E-state index contributed by atoms with van der Waals surface area (Å²) < 4.78 is 5.04. The molecule has 2 heterocycles. The van der Waals surface area contributed by atoms with Gasteiger partial charge in [0.05, 0.1) is 12.2 Å². The van der Waals surface area contributed by atoms with Gasteiger partial charge in [-0.2, -0.15) is 0 Å². The van der Waals surface area contributed by atoms with Gasteiger partial charge in [-0.05, 0) is 39.2 Å². The molecule has 0 radical (unpaired) electrons. The molecule has 2 N–H and O–H groups in total. The topological polar surface area (TPSA) is 91.5 Å². The Morgan fingerprint density at radius 1 is 1.25 bits per heavy atom. The van der Waals surface area contributed by atoms with Crippen LogP contribution < -0.4 is 5.32 Å². The van der Waals surface area contributed by atoms with Crippen molar-refractivity contribution in [3.63, 3.8) is 0 Å². The zero-order valence-electron chi connectivity index (χ0n) is 14.7. The lowest BCUT2D eigenvalue weighted by molar-refractivity contribution is -0.129. The average Bonchev–Trinajstić information content (AvgIpc) is 2.83. The van der Waals surface area contributed by atoms with Crippen molar-refractivity contribution in [3.05, 3.63) is 22.5 Å². The lowest BCUT2D eigenvalue weighted by Gasteiger charge is -2.31. The number of rotatable bonds is 4.